The van der Waals surface area contributed by atoms with E-state index >= 15 is 0 Å². The molecule has 0 amide bonds. The summed E-state index contributed by atoms with van der Waals surface area (Å²) in [4.78, 5) is 0. The lowest BCUT2D eigenvalue weighted by Gasteiger charge is -2.34. The summed E-state index contributed by atoms with van der Waals surface area (Å²) in [5.41, 5.74) is 0.743. The van der Waals surface area contributed by atoms with Gasteiger partial charge in [-0.3, -0.25) is 0 Å². The van der Waals surface area contributed by atoms with Crippen LogP contribution < -0.4 is 10.0 Å². The lowest BCUT2D eigenvalue weighted by Crippen LogP contribution is -2.52. The number of nitrogens with zero attached hydrogens (tertiary/aromatic N) is 2. The maximum Gasteiger partial charge on any atom is 0.280 e. The van der Waals surface area contributed by atoms with E-state index in [2.05, 4.69) is 15.2 Å². The number of hydrogen-bond donors (Lipinski definition) is 2. The maximum absolute atomic E-state index is 12.5. The van der Waals surface area contributed by atoms with E-state index in [0.717, 1.165) is 31.5 Å². The topological polar surface area (TPSA) is 87.5 Å². The van der Waals surface area contributed by atoms with Crippen LogP contribution >= 0.6 is 0 Å². The molecule has 1 aliphatic heterocycles. The van der Waals surface area contributed by atoms with Crippen molar-refractivity contribution >= 4 is 10.2 Å². The van der Waals surface area contributed by atoms with Gasteiger partial charge in [-0.1, -0.05) is 18.5 Å². The molecule has 1 aliphatic rings. The van der Waals surface area contributed by atoms with E-state index in [1.807, 2.05) is 6.92 Å². The van der Waals surface area contributed by atoms with Crippen LogP contribution in [0.25, 0.3) is 0 Å². The average molecular weight is 316 g/mol. The monoisotopic (exact) mass is 316 g/mol. The lowest BCUT2D eigenvalue weighted by atomic mass is 10.1. The van der Waals surface area contributed by atoms with Crippen molar-refractivity contribution in [1.29, 1.82) is 0 Å². The molecule has 120 valence electrons. The van der Waals surface area contributed by atoms with Gasteiger partial charge in [0.1, 0.15) is 0 Å². The molecule has 1 aromatic heterocycles. The number of aromatic nitrogens is 1. The number of piperidine rings is 1. The summed E-state index contributed by atoms with van der Waals surface area (Å²) < 4.78 is 34.1. The zero-order valence-electron chi connectivity index (χ0n) is 12.6. The Morgan fingerprint density at radius 1 is 1.48 bits per heavy atom. The molecule has 0 aliphatic carbocycles. The first kappa shape index (κ1) is 16.4. The van der Waals surface area contributed by atoms with E-state index < -0.39 is 10.2 Å². The van der Waals surface area contributed by atoms with E-state index in [9.17, 15) is 8.42 Å². The predicted molar refractivity (Wildman–Crippen MR) is 79.9 cm³/mol. The van der Waals surface area contributed by atoms with Crippen molar-refractivity contribution in [2.45, 2.75) is 45.7 Å². The first-order valence-corrected chi connectivity index (χ1v) is 8.86. The summed E-state index contributed by atoms with van der Waals surface area (Å²) in [5, 5.41) is 6.99. The van der Waals surface area contributed by atoms with Crippen LogP contribution in [0.2, 0.25) is 0 Å². The molecule has 1 fully saturated rings. The molecule has 2 rings (SSSR count). The molecular weight excluding hydrogens is 292 g/mol. The van der Waals surface area contributed by atoms with Crippen LogP contribution in [0.3, 0.4) is 0 Å². The molecule has 0 bridgehead atoms. The summed E-state index contributed by atoms with van der Waals surface area (Å²) in [6.07, 6.45) is 2.88. The molecule has 0 spiro atoms. The minimum absolute atomic E-state index is 0.0210. The fraction of sp³-hybridized carbons (Fsp3) is 0.769. The van der Waals surface area contributed by atoms with Gasteiger partial charge in [0.25, 0.3) is 10.2 Å². The lowest BCUT2D eigenvalue weighted by molar-refractivity contribution is 0.243. The number of likely N-dealkylation sites (N-methyl/N-ethyl adjacent to an activating group) is 1. The van der Waals surface area contributed by atoms with Crippen LogP contribution in [0.1, 0.15) is 37.6 Å². The average Bonchev–Trinajstić information content (AvgIpc) is 2.89. The van der Waals surface area contributed by atoms with Crippen molar-refractivity contribution in [2.75, 3.05) is 19.6 Å². The highest BCUT2D eigenvalue weighted by atomic mass is 32.2. The van der Waals surface area contributed by atoms with Gasteiger partial charge in [0.15, 0.2) is 5.76 Å². The molecule has 2 N–H and O–H groups in total. The van der Waals surface area contributed by atoms with Gasteiger partial charge in [-0.15, -0.1) is 0 Å². The first-order valence-electron chi connectivity index (χ1n) is 7.42. The molecule has 1 atom stereocenters. The molecule has 1 saturated heterocycles. The number of rotatable bonds is 7. The van der Waals surface area contributed by atoms with Crippen molar-refractivity contribution in [1.82, 2.24) is 19.5 Å². The summed E-state index contributed by atoms with van der Waals surface area (Å²) in [6.45, 7) is 6.06. The van der Waals surface area contributed by atoms with Crippen LogP contribution in [0.4, 0.5) is 0 Å². The van der Waals surface area contributed by atoms with Gasteiger partial charge in [0.05, 0.1) is 12.2 Å². The molecule has 0 aromatic carbocycles. The molecule has 2 heterocycles. The third-order valence-electron chi connectivity index (χ3n) is 3.62. The van der Waals surface area contributed by atoms with E-state index in [4.69, 9.17) is 4.52 Å². The van der Waals surface area contributed by atoms with Crippen molar-refractivity contribution in [3.8, 4) is 0 Å². The van der Waals surface area contributed by atoms with Crippen molar-refractivity contribution in [2.24, 2.45) is 0 Å². The van der Waals surface area contributed by atoms with Crippen LogP contribution in [-0.2, 0) is 16.8 Å². The fourth-order valence-electron chi connectivity index (χ4n) is 2.55. The Morgan fingerprint density at radius 2 is 2.29 bits per heavy atom. The van der Waals surface area contributed by atoms with E-state index in [1.54, 1.807) is 17.3 Å². The van der Waals surface area contributed by atoms with E-state index in [1.165, 1.54) is 0 Å². The highest BCUT2D eigenvalue weighted by Crippen LogP contribution is 2.19. The zero-order valence-corrected chi connectivity index (χ0v) is 13.4. The largest absolute Gasteiger partial charge is 0.360 e. The Morgan fingerprint density at radius 3 is 2.95 bits per heavy atom. The highest BCUT2D eigenvalue weighted by molar-refractivity contribution is 7.87. The van der Waals surface area contributed by atoms with Crippen molar-refractivity contribution in [3.63, 3.8) is 0 Å². The number of hydrogen-bond acceptors (Lipinski definition) is 5. The smallest absolute Gasteiger partial charge is 0.280 e. The third-order valence-corrected chi connectivity index (χ3v) is 5.22. The normalized spacial score (nSPS) is 20.8. The minimum atomic E-state index is -3.50. The summed E-state index contributed by atoms with van der Waals surface area (Å²) >= 11 is 0. The molecule has 1 unspecified atom stereocenters. The van der Waals surface area contributed by atoms with Gasteiger partial charge in [0, 0.05) is 25.2 Å². The Kier molecular flexibility index (Phi) is 5.74. The molecular formula is C13H24N4O3S. The summed E-state index contributed by atoms with van der Waals surface area (Å²) in [5.74, 6) is 0.524. The van der Waals surface area contributed by atoms with E-state index in [-0.39, 0.29) is 12.6 Å². The van der Waals surface area contributed by atoms with Gasteiger partial charge in [-0.05, 0) is 26.3 Å². The Balaban J connectivity index is 1.98. The quantitative estimate of drug-likeness (QED) is 0.776. The second-order valence-corrected chi connectivity index (χ2v) is 7.04. The first-order chi connectivity index (χ1) is 10.0. The maximum atomic E-state index is 12.5. The van der Waals surface area contributed by atoms with Crippen LogP contribution in [-0.4, -0.2) is 43.6 Å². The number of nitrogens with one attached hydrogen (secondary N) is 2. The van der Waals surface area contributed by atoms with Gasteiger partial charge in [-0.25, -0.2) is 0 Å². The van der Waals surface area contributed by atoms with Gasteiger partial charge >= 0.3 is 0 Å². The molecule has 0 saturated carbocycles. The van der Waals surface area contributed by atoms with Crippen LogP contribution in [0.5, 0.6) is 0 Å². The predicted octanol–water partition coefficient (Wildman–Crippen LogP) is 0.781. The van der Waals surface area contributed by atoms with Crippen molar-refractivity contribution in [3.05, 3.63) is 17.5 Å². The molecule has 8 heteroatoms. The molecule has 7 nitrogen and oxygen atoms in total. The van der Waals surface area contributed by atoms with Gasteiger partial charge in [-0.2, -0.15) is 17.4 Å². The molecule has 21 heavy (non-hydrogen) atoms. The zero-order chi connectivity index (χ0) is 15.3. The Hall–Kier alpha value is -0.960. The third kappa shape index (κ3) is 4.50. The Bertz CT molecular complexity index is 543. The fourth-order valence-corrected chi connectivity index (χ4v) is 3.98. The second kappa shape index (κ2) is 7.35. The second-order valence-electron chi connectivity index (χ2n) is 5.33. The standard InChI is InChI=1S/C13H24N4O3S/c1-3-14-9-12-6-4-5-7-17(12)21(18,19)15-10-13-8-11(2)16-20-13/h8,12,14-15H,3-7,9-10H2,1-2H3. The SMILES string of the molecule is CCNCC1CCCCN1S(=O)(=O)NCc1cc(C)no1. The molecule has 0 radical (unpaired) electrons. The highest BCUT2D eigenvalue weighted by Gasteiger charge is 2.31. The Labute approximate surface area is 126 Å². The van der Waals surface area contributed by atoms with Crippen molar-refractivity contribution < 1.29 is 12.9 Å². The minimum Gasteiger partial charge on any atom is -0.360 e. The van der Waals surface area contributed by atoms with Crippen LogP contribution in [0.15, 0.2) is 10.6 Å². The van der Waals surface area contributed by atoms with Crippen LogP contribution in [0, 0.1) is 6.92 Å². The number of aryl methyl sites for hydroxylation is 1. The van der Waals surface area contributed by atoms with Gasteiger partial charge in [0.2, 0.25) is 0 Å². The summed E-state index contributed by atoms with van der Waals surface area (Å²) in [6, 6.07) is 1.75. The molecule has 1 aromatic rings. The van der Waals surface area contributed by atoms with E-state index in [0.29, 0.717) is 18.8 Å². The van der Waals surface area contributed by atoms with Gasteiger partial charge < -0.3 is 9.84 Å². The summed E-state index contributed by atoms with van der Waals surface area (Å²) in [7, 11) is -3.50.